The van der Waals surface area contributed by atoms with Gasteiger partial charge in [0.1, 0.15) is 12.3 Å². The molecule has 7 nitrogen and oxygen atoms in total. The first-order chi connectivity index (χ1) is 7.50. The summed E-state index contributed by atoms with van der Waals surface area (Å²) in [5, 5.41) is 28.1. The number of nitrogens with zero attached hydrogens (tertiary/aromatic N) is 2. The molecule has 0 unspecified atom stereocenters. The fourth-order valence-electron chi connectivity index (χ4n) is 0.981. The van der Waals surface area contributed by atoms with Crippen LogP contribution in [0.5, 0.6) is 5.75 Å². The van der Waals surface area contributed by atoms with Crippen molar-refractivity contribution in [3.63, 3.8) is 0 Å². The number of nitro groups is 1. The highest BCUT2D eigenvalue weighted by molar-refractivity contribution is 5.85. The van der Waals surface area contributed by atoms with Gasteiger partial charge in [0.15, 0.2) is 0 Å². The van der Waals surface area contributed by atoms with Crippen LogP contribution in [0.15, 0.2) is 23.2 Å². The lowest BCUT2D eigenvalue weighted by Crippen LogP contribution is -1.99. The van der Waals surface area contributed by atoms with E-state index in [1.807, 2.05) is 0 Å². The van der Waals surface area contributed by atoms with Crippen molar-refractivity contribution in [3.8, 4) is 5.75 Å². The summed E-state index contributed by atoms with van der Waals surface area (Å²) in [5.74, 6) is -1.32. The highest BCUT2D eigenvalue weighted by Gasteiger charge is 2.08. The van der Waals surface area contributed by atoms with Crippen LogP contribution in [-0.2, 0) is 4.79 Å². The molecule has 0 radical (unpaired) electrons. The summed E-state index contributed by atoms with van der Waals surface area (Å²) in [7, 11) is 0. The van der Waals surface area contributed by atoms with Gasteiger partial charge in [-0.3, -0.25) is 19.9 Å². The number of carboxylic acid groups (broad SMARTS) is 1. The van der Waals surface area contributed by atoms with Crippen LogP contribution in [0.2, 0.25) is 0 Å². The van der Waals surface area contributed by atoms with E-state index in [1.54, 1.807) is 0 Å². The van der Waals surface area contributed by atoms with Crippen molar-refractivity contribution in [1.82, 2.24) is 0 Å². The van der Waals surface area contributed by atoms with Gasteiger partial charge in [-0.1, -0.05) is 0 Å². The first-order valence-electron chi connectivity index (χ1n) is 4.19. The Kier molecular flexibility index (Phi) is 3.54. The number of phenolic OH excluding ortho intramolecular Hbond substituents is 1. The van der Waals surface area contributed by atoms with E-state index in [9.17, 15) is 20.0 Å². The lowest BCUT2D eigenvalue weighted by molar-refractivity contribution is -0.384. The Hall–Kier alpha value is -2.44. The van der Waals surface area contributed by atoms with Gasteiger partial charge in [-0.25, -0.2) is 0 Å². The molecule has 0 aliphatic rings. The van der Waals surface area contributed by atoms with Crippen LogP contribution >= 0.6 is 0 Å². The van der Waals surface area contributed by atoms with E-state index in [-0.39, 0.29) is 17.0 Å². The van der Waals surface area contributed by atoms with E-state index in [0.29, 0.717) is 0 Å². The molecule has 0 aliphatic heterocycles. The highest BCUT2D eigenvalue weighted by Crippen LogP contribution is 2.21. The Bertz CT molecular complexity index is 455. The Balaban J connectivity index is 2.94. The normalized spacial score (nSPS) is 10.5. The smallest absolute Gasteiger partial charge is 0.325 e. The van der Waals surface area contributed by atoms with Crippen LogP contribution in [0.1, 0.15) is 5.56 Å². The van der Waals surface area contributed by atoms with E-state index >= 15 is 0 Å². The molecule has 1 aromatic carbocycles. The van der Waals surface area contributed by atoms with Gasteiger partial charge < -0.3 is 10.2 Å². The number of hydrogen-bond donors (Lipinski definition) is 2. The second kappa shape index (κ2) is 4.87. The van der Waals surface area contributed by atoms with E-state index in [2.05, 4.69) is 4.99 Å². The first kappa shape index (κ1) is 11.6. The van der Waals surface area contributed by atoms with Crippen LogP contribution in [0.4, 0.5) is 5.69 Å². The number of hydrogen-bond acceptors (Lipinski definition) is 5. The van der Waals surface area contributed by atoms with Gasteiger partial charge in [0, 0.05) is 23.9 Å². The number of aliphatic imine (C=N–C) groups is 1. The molecule has 0 aromatic heterocycles. The molecule has 0 saturated heterocycles. The van der Waals surface area contributed by atoms with Gasteiger partial charge in [0.25, 0.3) is 5.69 Å². The summed E-state index contributed by atoms with van der Waals surface area (Å²) in [5.41, 5.74) is -0.0926. The summed E-state index contributed by atoms with van der Waals surface area (Å²) in [6.45, 7) is -0.456. The van der Waals surface area contributed by atoms with Crippen molar-refractivity contribution in [2.45, 2.75) is 0 Å². The highest BCUT2D eigenvalue weighted by atomic mass is 16.6. The third-order valence-electron chi connectivity index (χ3n) is 1.68. The van der Waals surface area contributed by atoms with Crippen LogP contribution in [0, 0.1) is 10.1 Å². The second-order valence-electron chi connectivity index (χ2n) is 2.86. The number of nitro benzene ring substituents is 1. The molecule has 7 heteroatoms. The van der Waals surface area contributed by atoms with Crippen LogP contribution in [-0.4, -0.2) is 33.9 Å². The van der Waals surface area contributed by atoms with E-state index < -0.39 is 17.4 Å². The summed E-state index contributed by atoms with van der Waals surface area (Å²) < 4.78 is 0. The number of non-ortho nitro benzene ring substituents is 1. The van der Waals surface area contributed by atoms with Gasteiger partial charge in [0.2, 0.25) is 0 Å². The van der Waals surface area contributed by atoms with E-state index in [0.717, 1.165) is 24.4 Å². The van der Waals surface area contributed by atoms with Crippen LogP contribution in [0.25, 0.3) is 0 Å². The molecule has 2 N–H and O–H groups in total. The molecule has 0 amide bonds. The van der Waals surface area contributed by atoms with E-state index in [1.165, 1.54) is 0 Å². The van der Waals surface area contributed by atoms with Crippen LogP contribution < -0.4 is 0 Å². The van der Waals surface area contributed by atoms with Gasteiger partial charge in [-0.05, 0) is 6.07 Å². The largest absolute Gasteiger partial charge is 0.507 e. The maximum atomic E-state index is 10.4. The number of carboxylic acids is 1. The zero-order valence-electron chi connectivity index (χ0n) is 8.03. The quantitative estimate of drug-likeness (QED) is 0.446. The van der Waals surface area contributed by atoms with Crippen molar-refractivity contribution in [2.75, 3.05) is 6.54 Å². The van der Waals surface area contributed by atoms with E-state index in [4.69, 9.17) is 5.11 Å². The predicted molar refractivity (Wildman–Crippen MR) is 54.9 cm³/mol. The Labute approximate surface area is 89.8 Å². The molecule has 0 saturated carbocycles. The molecule has 0 bridgehead atoms. The lowest BCUT2D eigenvalue weighted by Gasteiger charge is -1.97. The molecule has 0 atom stereocenters. The first-order valence-corrected chi connectivity index (χ1v) is 4.19. The Morgan fingerprint density at radius 2 is 2.25 bits per heavy atom. The Morgan fingerprint density at radius 3 is 2.81 bits per heavy atom. The molecule has 0 aliphatic carbocycles. The average molecular weight is 224 g/mol. The van der Waals surface area contributed by atoms with Crippen molar-refractivity contribution in [3.05, 3.63) is 33.9 Å². The van der Waals surface area contributed by atoms with Crippen molar-refractivity contribution >= 4 is 17.9 Å². The molecule has 0 heterocycles. The second-order valence-corrected chi connectivity index (χ2v) is 2.86. The molecule has 84 valence electrons. The zero-order chi connectivity index (χ0) is 12.1. The van der Waals surface area contributed by atoms with Gasteiger partial charge in [-0.15, -0.1) is 0 Å². The third kappa shape index (κ3) is 3.05. The predicted octanol–water partition coefficient (Wildman–Crippen LogP) is 0.804. The summed E-state index contributed by atoms with van der Waals surface area (Å²) >= 11 is 0. The minimum atomic E-state index is -1.12. The average Bonchev–Trinajstić information content (AvgIpc) is 2.20. The van der Waals surface area contributed by atoms with Gasteiger partial charge >= 0.3 is 5.97 Å². The van der Waals surface area contributed by atoms with Gasteiger partial charge in [0.05, 0.1) is 4.92 Å². The summed E-state index contributed by atoms with van der Waals surface area (Å²) in [6.07, 6.45) is 1.08. The molecular weight excluding hydrogens is 216 g/mol. The number of phenols is 1. The summed E-state index contributed by atoms with van der Waals surface area (Å²) in [4.78, 5) is 23.5. The number of carbonyl (C=O) groups is 1. The fraction of sp³-hybridized carbons (Fsp3) is 0.111. The molecule has 0 fully saturated rings. The number of aromatic hydroxyl groups is 1. The standard InChI is InChI=1S/C9H8N2O5/c12-8-2-1-7(11(15)16)3-6(8)4-10-5-9(13)14/h1-4,12H,5H2,(H,13,14). The maximum absolute atomic E-state index is 10.4. The molecule has 0 spiro atoms. The molecular formula is C9H8N2O5. The minimum absolute atomic E-state index is 0.107. The topological polar surface area (TPSA) is 113 Å². The molecule has 1 rings (SSSR count). The Morgan fingerprint density at radius 1 is 1.56 bits per heavy atom. The fourth-order valence-corrected chi connectivity index (χ4v) is 0.981. The van der Waals surface area contributed by atoms with Crippen molar-refractivity contribution in [1.29, 1.82) is 0 Å². The third-order valence-corrected chi connectivity index (χ3v) is 1.68. The van der Waals surface area contributed by atoms with Crippen molar-refractivity contribution < 1.29 is 19.9 Å². The summed E-state index contributed by atoms with van der Waals surface area (Å²) in [6, 6.07) is 3.41. The van der Waals surface area contributed by atoms with Crippen LogP contribution in [0.3, 0.4) is 0 Å². The van der Waals surface area contributed by atoms with Gasteiger partial charge in [-0.2, -0.15) is 0 Å². The number of benzene rings is 1. The minimum Gasteiger partial charge on any atom is -0.507 e. The zero-order valence-corrected chi connectivity index (χ0v) is 8.03. The lowest BCUT2D eigenvalue weighted by atomic mass is 10.2. The molecule has 1 aromatic rings. The number of rotatable bonds is 4. The monoisotopic (exact) mass is 224 g/mol. The SMILES string of the molecule is O=C(O)CN=Cc1cc([N+](=O)[O-])ccc1O. The maximum Gasteiger partial charge on any atom is 0.325 e. The number of aliphatic carboxylic acids is 1. The molecule has 16 heavy (non-hydrogen) atoms. The van der Waals surface area contributed by atoms with Crippen molar-refractivity contribution in [2.24, 2.45) is 4.99 Å².